The van der Waals surface area contributed by atoms with Crippen LogP contribution in [0.3, 0.4) is 0 Å². The lowest BCUT2D eigenvalue weighted by molar-refractivity contribution is 0.102. The van der Waals surface area contributed by atoms with Crippen LogP contribution in [0.15, 0.2) is 54.6 Å². The molecule has 3 aromatic rings. The maximum absolute atomic E-state index is 12.7. The number of rotatable bonds is 5. The van der Waals surface area contributed by atoms with Gasteiger partial charge in [-0.15, -0.1) is 0 Å². The summed E-state index contributed by atoms with van der Waals surface area (Å²) in [5, 5.41) is 6.20. The van der Waals surface area contributed by atoms with Gasteiger partial charge in [-0.25, -0.2) is 9.97 Å². The van der Waals surface area contributed by atoms with Crippen molar-refractivity contribution in [2.75, 3.05) is 17.7 Å². The van der Waals surface area contributed by atoms with Gasteiger partial charge in [0.2, 0.25) is 0 Å². The van der Waals surface area contributed by atoms with Crippen LogP contribution in [0.4, 0.5) is 17.2 Å². The zero-order valence-electron chi connectivity index (χ0n) is 17.4. The molecule has 1 aromatic heterocycles. The first-order chi connectivity index (χ1) is 13.8. The number of amides is 1. The van der Waals surface area contributed by atoms with Crippen LogP contribution in [-0.2, 0) is 5.41 Å². The topological polar surface area (TPSA) is 76.1 Å². The average Bonchev–Trinajstić information content (AvgIpc) is 2.67. The van der Waals surface area contributed by atoms with E-state index in [2.05, 4.69) is 47.4 Å². The Hall–Kier alpha value is -3.41. The monoisotopic (exact) mass is 390 g/mol. The first-order valence-corrected chi connectivity index (χ1v) is 9.44. The molecule has 0 atom stereocenters. The van der Waals surface area contributed by atoms with E-state index in [4.69, 9.17) is 4.74 Å². The number of aryl methyl sites for hydroxylation is 1. The second kappa shape index (κ2) is 8.31. The number of anilines is 3. The molecule has 2 aromatic carbocycles. The first kappa shape index (κ1) is 20.3. The van der Waals surface area contributed by atoms with E-state index in [9.17, 15) is 4.79 Å². The summed E-state index contributed by atoms with van der Waals surface area (Å²) < 4.78 is 5.14. The summed E-state index contributed by atoms with van der Waals surface area (Å²) in [5.41, 5.74) is 3.06. The van der Waals surface area contributed by atoms with Gasteiger partial charge in [0.15, 0.2) is 0 Å². The molecule has 6 heteroatoms. The summed E-state index contributed by atoms with van der Waals surface area (Å²) in [5.74, 6) is 1.52. The highest BCUT2D eigenvalue weighted by molar-refractivity contribution is 6.03. The molecule has 0 aliphatic rings. The number of carbonyl (C=O) groups is 1. The highest BCUT2D eigenvalue weighted by Crippen LogP contribution is 2.31. The van der Waals surface area contributed by atoms with Gasteiger partial charge in [0.05, 0.1) is 7.11 Å². The maximum Gasteiger partial charge on any atom is 0.274 e. The Morgan fingerprint density at radius 2 is 1.69 bits per heavy atom. The highest BCUT2D eigenvalue weighted by atomic mass is 16.5. The lowest BCUT2D eigenvalue weighted by Crippen LogP contribution is -2.16. The molecule has 29 heavy (non-hydrogen) atoms. The van der Waals surface area contributed by atoms with Gasteiger partial charge < -0.3 is 15.4 Å². The van der Waals surface area contributed by atoms with Crippen molar-refractivity contribution in [2.45, 2.75) is 33.1 Å². The van der Waals surface area contributed by atoms with Crippen LogP contribution in [-0.4, -0.2) is 23.0 Å². The molecule has 0 spiro atoms. The summed E-state index contributed by atoms with van der Waals surface area (Å²) in [6.07, 6.45) is 0. The van der Waals surface area contributed by atoms with Crippen LogP contribution in [0.5, 0.6) is 5.75 Å². The van der Waals surface area contributed by atoms with Crippen molar-refractivity contribution in [3.05, 3.63) is 71.7 Å². The van der Waals surface area contributed by atoms with Crippen molar-refractivity contribution >= 4 is 23.1 Å². The molecule has 0 saturated heterocycles. The minimum atomic E-state index is -0.298. The maximum atomic E-state index is 12.7. The molecule has 0 aliphatic carbocycles. The normalized spacial score (nSPS) is 11.1. The van der Waals surface area contributed by atoms with Gasteiger partial charge in [-0.3, -0.25) is 4.79 Å². The lowest BCUT2D eigenvalue weighted by atomic mass is 9.86. The van der Waals surface area contributed by atoms with E-state index in [1.54, 1.807) is 44.4 Å². The summed E-state index contributed by atoms with van der Waals surface area (Å²) >= 11 is 0. The van der Waals surface area contributed by atoms with Gasteiger partial charge in [0.25, 0.3) is 5.91 Å². The Bertz CT molecular complexity index is 1010. The molecule has 0 saturated carbocycles. The van der Waals surface area contributed by atoms with E-state index in [-0.39, 0.29) is 11.3 Å². The Morgan fingerprint density at radius 1 is 1.00 bits per heavy atom. The molecule has 3 rings (SSSR count). The quantitative estimate of drug-likeness (QED) is 0.635. The molecule has 0 radical (unpaired) electrons. The molecule has 0 fully saturated rings. The fourth-order valence-electron chi connectivity index (χ4n) is 3.00. The standard InChI is InChI=1S/C23H26N4O2/c1-15-24-20(22(28)26-16-10-12-17(29-5)13-11-16)14-21(25-15)27-19-9-7-6-8-18(19)23(2,3)4/h6-14H,1-5H3,(H,26,28)(H,24,25,27). The second-order valence-electron chi connectivity index (χ2n) is 7.79. The van der Waals surface area contributed by atoms with Crippen molar-refractivity contribution in [3.8, 4) is 5.75 Å². The highest BCUT2D eigenvalue weighted by Gasteiger charge is 2.18. The van der Waals surface area contributed by atoms with Gasteiger partial charge >= 0.3 is 0 Å². The number of nitrogens with zero attached hydrogens (tertiary/aromatic N) is 2. The third kappa shape index (κ3) is 5.10. The predicted octanol–water partition coefficient (Wildman–Crippen LogP) is 5.09. The summed E-state index contributed by atoms with van der Waals surface area (Å²) in [4.78, 5) is 21.4. The molecule has 1 amide bonds. The van der Waals surface area contributed by atoms with Crippen molar-refractivity contribution < 1.29 is 9.53 Å². The molecule has 0 bridgehead atoms. The molecular formula is C23H26N4O2. The van der Waals surface area contributed by atoms with E-state index in [0.717, 1.165) is 11.4 Å². The number of methoxy groups -OCH3 is 1. The van der Waals surface area contributed by atoms with E-state index in [1.165, 1.54) is 5.56 Å². The van der Waals surface area contributed by atoms with Crippen LogP contribution in [0, 0.1) is 6.92 Å². The number of hydrogen-bond donors (Lipinski definition) is 2. The number of para-hydroxylation sites is 1. The molecule has 1 heterocycles. The van der Waals surface area contributed by atoms with Gasteiger partial charge in [0.1, 0.15) is 23.1 Å². The van der Waals surface area contributed by atoms with Crippen molar-refractivity contribution in [1.29, 1.82) is 0 Å². The molecule has 150 valence electrons. The average molecular weight is 390 g/mol. The zero-order valence-corrected chi connectivity index (χ0v) is 17.4. The molecular weight excluding hydrogens is 364 g/mol. The number of aromatic nitrogens is 2. The van der Waals surface area contributed by atoms with Gasteiger partial charge in [0, 0.05) is 17.4 Å². The van der Waals surface area contributed by atoms with Gasteiger partial charge in [-0.1, -0.05) is 39.0 Å². The molecule has 0 aliphatic heterocycles. The van der Waals surface area contributed by atoms with E-state index >= 15 is 0 Å². The number of carbonyl (C=O) groups excluding carboxylic acids is 1. The lowest BCUT2D eigenvalue weighted by Gasteiger charge is -2.23. The van der Waals surface area contributed by atoms with Crippen LogP contribution >= 0.6 is 0 Å². The van der Waals surface area contributed by atoms with Gasteiger partial charge in [-0.2, -0.15) is 0 Å². The van der Waals surface area contributed by atoms with Gasteiger partial charge in [-0.05, 0) is 48.2 Å². The predicted molar refractivity (Wildman–Crippen MR) is 116 cm³/mol. The molecule has 0 unspecified atom stereocenters. The SMILES string of the molecule is COc1ccc(NC(=O)c2cc(Nc3ccccc3C(C)(C)C)nc(C)n2)cc1. The zero-order chi connectivity index (χ0) is 21.0. The largest absolute Gasteiger partial charge is 0.497 e. The van der Waals surface area contributed by atoms with Crippen molar-refractivity contribution in [1.82, 2.24) is 9.97 Å². The molecule has 6 nitrogen and oxygen atoms in total. The van der Waals surface area contributed by atoms with E-state index < -0.39 is 0 Å². The number of ether oxygens (including phenoxy) is 1. The smallest absolute Gasteiger partial charge is 0.274 e. The minimum Gasteiger partial charge on any atom is -0.497 e. The fraction of sp³-hybridized carbons (Fsp3) is 0.261. The van der Waals surface area contributed by atoms with Crippen LogP contribution in [0.25, 0.3) is 0 Å². The second-order valence-corrected chi connectivity index (χ2v) is 7.79. The number of benzene rings is 2. The summed E-state index contributed by atoms with van der Waals surface area (Å²) in [6, 6.07) is 16.9. The Morgan fingerprint density at radius 3 is 2.34 bits per heavy atom. The number of hydrogen-bond acceptors (Lipinski definition) is 5. The third-order valence-electron chi connectivity index (χ3n) is 4.42. The van der Waals surface area contributed by atoms with Crippen LogP contribution in [0.1, 0.15) is 42.6 Å². The van der Waals surface area contributed by atoms with Crippen LogP contribution in [0.2, 0.25) is 0 Å². The minimum absolute atomic E-state index is 0.0275. The first-order valence-electron chi connectivity index (χ1n) is 9.44. The van der Waals surface area contributed by atoms with E-state index in [0.29, 0.717) is 23.0 Å². The Labute approximate surface area is 171 Å². The molecule has 2 N–H and O–H groups in total. The Kier molecular flexibility index (Phi) is 5.82. The van der Waals surface area contributed by atoms with Crippen molar-refractivity contribution in [3.63, 3.8) is 0 Å². The number of nitrogens with one attached hydrogen (secondary N) is 2. The third-order valence-corrected chi connectivity index (χ3v) is 4.42. The Balaban J connectivity index is 1.84. The summed E-state index contributed by atoms with van der Waals surface area (Å²) in [7, 11) is 1.60. The van der Waals surface area contributed by atoms with E-state index in [1.807, 2.05) is 18.2 Å². The summed E-state index contributed by atoms with van der Waals surface area (Å²) in [6.45, 7) is 8.25. The van der Waals surface area contributed by atoms with Crippen LogP contribution < -0.4 is 15.4 Å². The van der Waals surface area contributed by atoms with Crippen molar-refractivity contribution in [2.24, 2.45) is 0 Å². The fourth-order valence-corrected chi connectivity index (χ4v) is 3.00.